The SMILES string of the molecule is c1ccc(-c2cccc(-c3nc(-c4cccc5c4oc4ccccc45)nc(-c4cccc5c4oc4ccc6ccc(-n7c8cc9ccccc9cc8c8c9ccccc9ccc87)cc6c45)n3)c2)cc1. The van der Waals surface area contributed by atoms with Crippen molar-refractivity contribution in [2.24, 2.45) is 0 Å². The Kier molecular flexibility index (Phi) is 7.97. The zero-order valence-electron chi connectivity index (χ0n) is 36.9. The molecule has 0 spiro atoms. The molecule has 0 unspecified atom stereocenters. The molecule has 0 aliphatic rings. The van der Waals surface area contributed by atoms with Gasteiger partial charge in [-0.3, -0.25) is 0 Å². The van der Waals surface area contributed by atoms with Gasteiger partial charge in [0.1, 0.15) is 22.3 Å². The lowest BCUT2D eigenvalue weighted by molar-refractivity contribution is 0.669. The first-order valence-electron chi connectivity index (χ1n) is 23.2. The summed E-state index contributed by atoms with van der Waals surface area (Å²) in [6, 6.07) is 76.9. The van der Waals surface area contributed by atoms with Crippen molar-refractivity contribution in [1.29, 1.82) is 0 Å². The van der Waals surface area contributed by atoms with Crippen LogP contribution >= 0.6 is 0 Å². The summed E-state index contributed by atoms with van der Waals surface area (Å²) in [7, 11) is 0. The second-order valence-electron chi connectivity index (χ2n) is 17.9. The van der Waals surface area contributed by atoms with Crippen molar-refractivity contribution in [3.05, 3.63) is 218 Å². The molecule has 15 rings (SSSR count). The van der Waals surface area contributed by atoms with Crippen LogP contribution in [0.25, 0.3) is 149 Å². The van der Waals surface area contributed by atoms with Crippen molar-refractivity contribution in [3.63, 3.8) is 0 Å². The molecule has 11 aromatic carbocycles. The summed E-state index contributed by atoms with van der Waals surface area (Å²) in [5.74, 6) is 1.57. The molecule has 0 saturated heterocycles. The molecular formula is C63H36N4O2. The van der Waals surface area contributed by atoms with Crippen LogP contribution in [0.1, 0.15) is 0 Å². The minimum atomic E-state index is 0.507. The highest BCUT2D eigenvalue weighted by atomic mass is 16.3. The maximum atomic E-state index is 6.97. The molecule has 6 heteroatoms. The Balaban J connectivity index is 0.956. The third kappa shape index (κ3) is 5.76. The van der Waals surface area contributed by atoms with Crippen molar-refractivity contribution in [2.75, 3.05) is 0 Å². The van der Waals surface area contributed by atoms with Gasteiger partial charge in [0.05, 0.1) is 22.2 Å². The molecule has 0 amide bonds. The summed E-state index contributed by atoms with van der Waals surface area (Å²) in [4.78, 5) is 15.8. The number of hydrogen-bond donors (Lipinski definition) is 0. The Morgan fingerprint density at radius 2 is 0.899 bits per heavy atom. The number of para-hydroxylation sites is 3. The number of hydrogen-bond acceptors (Lipinski definition) is 5. The average molecular weight is 881 g/mol. The molecule has 6 nitrogen and oxygen atoms in total. The summed E-state index contributed by atoms with van der Waals surface area (Å²) < 4.78 is 16.0. The smallest absolute Gasteiger partial charge is 0.167 e. The van der Waals surface area contributed by atoms with E-state index in [2.05, 4.69) is 187 Å². The van der Waals surface area contributed by atoms with E-state index in [0.29, 0.717) is 23.1 Å². The molecule has 0 bridgehead atoms. The Hall–Kier alpha value is -9.39. The highest BCUT2D eigenvalue weighted by molar-refractivity contribution is 6.24. The molecule has 0 aliphatic heterocycles. The fourth-order valence-corrected chi connectivity index (χ4v) is 10.8. The second-order valence-corrected chi connectivity index (χ2v) is 17.9. The zero-order chi connectivity index (χ0) is 45.2. The van der Waals surface area contributed by atoms with Crippen molar-refractivity contribution in [3.8, 4) is 51.0 Å². The Morgan fingerprint density at radius 1 is 0.304 bits per heavy atom. The van der Waals surface area contributed by atoms with E-state index in [0.717, 1.165) is 82.6 Å². The van der Waals surface area contributed by atoms with Crippen molar-refractivity contribution in [1.82, 2.24) is 19.5 Å². The first-order chi connectivity index (χ1) is 34.2. The van der Waals surface area contributed by atoms with Crippen LogP contribution in [0.4, 0.5) is 0 Å². The van der Waals surface area contributed by atoms with Gasteiger partial charge in [-0.05, 0) is 104 Å². The van der Waals surface area contributed by atoms with Crippen LogP contribution in [-0.4, -0.2) is 19.5 Å². The van der Waals surface area contributed by atoms with Gasteiger partial charge in [-0.1, -0.05) is 158 Å². The fourth-order valence-electron chi connectivity index (χ4n) is 10.8. The number of nitrogens with zero attached hydrogens (tertiary/aromatic N) is 4. The lowest BCUT2D eigenvalue weighted by atomic mass is 10.0. The number of aromatic nitrogens is 4. The Morgan fingerprint density at radius 3 is 1.74 bits per heavy atom. The highest BCUT2D eigenvalue weighted by Gasteiger charge is 2.23. The molecule has 0 radical (unpaired) electrons. The molecule has 0 atom stereocenters. The summed E-state index contributed by atoms with van der Waals surface area (Å²) in [6.07, 6.45) is 0. The fraction of sp³-hybridized carbons (Fsp3) is 0. The van der Waals surface area contributed by atoms with Gasteiger partial charge in [-0.2, -0.15) is 0 Å². The van der Waals surface area contributed by atoms with E-state index in [1.165, 1.54) is 43.4 Å². The topological polar surface area (TPSA) is 69.9 Å². The van der Waals surface area contributed by atoms with Gasteiger partial charge in [-0.15, -0.1) is 0 Å². The minimum Gasteiger partial charge on any atom is -0.455 e. The van der Waals surface area contributed by atoms with Gasteiger partial charge in [0.25, 0.3) is 0 Å². The van der Waals surface area contributed by atoms with Gasteiger partial charge in [0.15, 0.2) is 17.5 Å². The zero-order valence-corrected chi connectivity index (χ0v) is 36.9. The predicted octanol–water partition coefficient (Wildman–Crippen LogP) is 16.9. The lowest BCUT2D eigenvalue weighted by Crippen LogP contribution is -2.00. The molecule has 4 aromatic heterocycles. The number of fused-ring (bicyclic) bond motifs is 14. The predicted molar refractivity (Wildman–Crippen MR) is 283 cm³/mol. The van der Waals surface area contributed by atoms with Gasteiger partial charge >= 0.3 is 0 Å². The van der Waals surface area contributed by atoms with Gasteiger partial charge in [-0.25, -0.2) is 15.0 Å². The second kappa shape index (κ2) is 14.6. The van der Waals surface area contributed by atoms with E-state index >= 15 is 0 Å². The third-order valence-electron chi connectivity index (χ3n) is 14.0. The van der Waals surface area contributed by atoms with E-state index in [1.54, 1.807) is 0 Å². The quantitative estimate of drug-likeness (QED) is 0.172. The lowest BCUT2D eigenvalue weighted by Gasteiger charge is -2.11. The van der Waals surface area contributed by atoms with Crippen LogP contribution in [0.3, 0.4) is 0 Å². The van der Waals surface area contributed by atoms with Crippen LogP contribution in [0.15, 0.2) is 227 Å². The molecule has 0 saturated carbocycles. The molecule has 4 heterocycles. The van der Waals surface area contributed by atoms with Crippen molar-refractivity contribution in [2.45, 2.75) is 0 Å². The van der Waals surface area contributed by atoms with E-state index in [1.807, 2.05) is 36.4 Å². The minimum absolute atomic E-state index is 0.507. The molecule has 69 heavy (non-hydrogen) atoms. The summed E-state index contributed by atoms with van der Waals surface area (Å²) >= 11 is 0. The van der Waals surface area contributed by atoms with E-state index in [-0.39, 0.29) is 0 Å². The van der Waals surface area contributed by atoms with E-state index in [4.69, 9.17) is 23.8 Å². The summed E-state index contributed by atoms with van der Waals surface area (Å²) in [6.45, 7) is 0. The maximum Gasteiger partial charge on any atom is 0.167 e. The van der Waals surface area contributed by atoms with Crippen LogP contribution in [-0.2, 0) is 0 Å². The monoisotopic (exact) mass is 880 g/mol. The largest absolute Gasteiger partial charge is 0.455 e. The average Bonchev–Trinajstić information content (AvgIpc) is 4.10. The van der Waals surface area contributed by atoms with Crippen LogP contribution in [0.5, 0.6) is 0 Å². The van der Waals surface area contributed by atoms with Crippen LogP contribution < -0.4 is 0 Å². The van der Waals surface area contributed by atoms with Gasteiger partial charge in [0.2, 0.25) is 0 Å². The molecule has 0 aliphatic carbocycles. The standard InChI is InChI=1S/C63H36N4O2/c1-2-13-37(14-3-1)40-18-10-19-43(33-40)61-64-62(49-24-11-22-47-46-21-8-9-26-55(46)68-59(47)49)66-63(65-61)50-25-12-23-48-58-51-36-44(30-27-39(51)29-32-56(58)69-60(48)50)67-53-31-28-38-15-6-7-20-45(38)57(53)52-34-41-16-4-5-17-42(41)35-54(52)67/h1-36H. The number of furan rings is 2. The van der Waals surface area contributed by atoms with Gasteiger partial charge in [0, 0.05) is 43.6 Å². The number of rotatable bonds is 5. The van der Waals surface area contributed by atoms with Crippen LogP contribution in [0, 0.1) is 0 Å². The highest BCUT2D eigenvalue weighted by Crippen LogP contribution is 2.43. The molecule has 0 N–H and O–H groups in total. The maximum absolute atomic E-state index is 6.97. The first-order valence-corrected chi connectivity index (χ1v) is 23.2. The van der Waals surface area contributed by atoms with Crippen molar-refractivity contribution < 1.29 is 8.83 Å². The Bertz CT molecular complexity index is 4620. The number of benzene rings is 11. The summed E-state index contributed by atoms with van der Waals surface area (Å²) in [5.41, 5.74) is 11.1. The summed E-state index contributed by atoms with van der Waals surface area (Å²) in [5, 5.41) is 13.7. The first kappa shape index (κ1) is 37.8. The molecular weight excluding hydrogens is 845 g/mol. The molecule has 0 fully saturated rings. The van der Waals surface area contributed by atoms with Crippen molar-refractivity contribution >= 4 is 98.0 Å². The normalized spacial score (nSPS) is 12.1. The molecule has 320 valence electrons. The third-order valence-corrected chi connectivity index (χ3v) is 14.0. The van der Waals surface area contributed by atoms with Crippen LogP contribution in [0.2, 0.25) is 0 Å². The van der Waals surface area contributed by atoms with E-state index < -0.39 is 0 Å². The van der Waals surface area contributed by atoms with E-state index in [9.17, 15) is 0 Å². The molecule has 15 aromatic rings. The van der Waals surface area contributed by atoms with Gasteiger partial charge < -0.3 is 13.4 Å². The Labute approximate surface area is 394 Å².